The molecule has 1 N–H and O–H groups in total. The maximum Gasteiger partial charge on any atom is 0.190 e. The van der Waals surface area contributed by atoms with Gasteiger partial charge in [0.2, 0.25) is 0 Å². The summed E-state index contributed by atoms with van der Waals surface area (Å²) in [5, 5.41) is 8.07. The highest BCUT2D eigenvalue weighted by molar-refractivity contribution is 4.51. The fraction of sp³-hybridized carbons (Fsp3) is 1.00. The molecule has 0 unspecified atom stereocenters. The molecule has 1 heterocycles. The molecule has 0 saturated carbocycles. The molecule has 48 valence electrons. The molecule has 0 amide bonds. The van der Waals surface area contributed by atoms with Crippen LogP contribution in [0, 0.1) is 0 Å². The highest BCUT2D eigenvalue weighted by Crippen LogP contribution is 2.11. The van der Waals surface area contributed by atoms with Gasteiger partial charge in [-0.2, -0.15) is 0 Å². The predicted molar refractivity (Wildman–Crippen MR) is 27.3 cm³/mol. The molecule has 0 aromatic carbocycles. The van der Waals surface area contributed by atoms with E-state index in [2.05, 4.69) is 4.89 Å². The molecule has 0 bridgehead atoms. The van der Waals surface area contributed by atoms with Gasteiger partial charge < -0.3 is 4.74 Å². The summed E-state index contributed by atoms with van der Waals surface area (Å²) in [6.45, 7) is 0.714. The maximum atomic E-state index is 8.07. The van der Waals surface area contributed by atoms with Gasteiger partial charge >= 0.3 is 0 Å². The zero-order chi connectivity index (χ0) is 5.82. The number of rotatable bonds is 1. The molecule has 0 aromatic heterocycles. The summed E-state index contributed by atoms with van der Waals surface area (Å²) in [5.41, 5.74) is 0. The van der Waals surface area contributed by atoms with E-state index in [1.165, 1.54) is 0 Å². The quantitative estimate of drug-likeness (QED) is 0.412. The lowest BCUT2D eigenvalue weighted by molar-refractivity contribution is -0.352. The van der Waals surface area contributed by atoms with Gasteiger partial charge in [-0.05, 0) is 12.8 Å². The predicted octanol–water partition coefficient (Wildman–Crippen LogP) is 1.00. The lowest BCUT2D eigenvalue weighted by Crippen LogP contribution is -2.20. The van der Waals surface area contributed by atoms with Gasteiger partial charge in [0, 0.05) is 13.0 Å². The van der Waals surface area contributed by atoms with Gasteiger partial charge in [-0.1, -0.05) is 0 Å². The zero-order valence-corrected chi connectivity index (χ0v) is 4.67. The maximum absolute atomic E-state index is 8.07. The van der Waals surface area contributed by atoms with Crippen LogP contribution < -0.4 is 0 Å². The van der Waals surface area contributed by atoms with E-state index in [-0.39, 0.29) is 6.29 Å². The van der Waals surface area contributed by atoms with Crippen molar-refractivity contribution in [2.45, 2.75) is 25.6 Å². The summed E-state index contributed by atoms with van der Waals surface area (Å²) >= 11 is 0. The Kier molecular flexibility index (Phi) is 2.27. The Bertz CT molecular complexity index is 58.7. The van der Waals surface area contributed by atoms with Crippen LogP contribution in [0.2, 0.25) is 0 Å². The van der Waals surface area contributed by atoms with E-state index >= 15 is 0 Å². The van der Waals surface area contributed by atoms with Crippen molar-refractivity contribution in [1.82, 2.24) is 0 Å². The number of hydrogen-bond acceptors (Lipinski definition) is 3. The van der Waals surface area contributed by atoms with Crippen LogP contribution in [0.4, 0.5) is 0 Å². The fourth-order valence-corrected chi connectivity index (χ4v) is 0.794. The lowest BCUT2D eigenvalue weighted by atomic mass is 10.2. The first-order chi connectivity index (χ1) is 3.93. The molecule has 1 saturated heterocycles. The number of ether oxygens (including phenoxy) is 1. The van der Waals surface area contributed by atoms with E-state index in [1.54, 1.807) is 0 Å². The molecular weight excluding hydrogens is 108 g/mol. The summed E-state index contributed by atoms with van der Waals surface area (Å²) in [6.07, 6.45) is 2.63. The third-order valence-electron chi connectivity index (χ3n) is 1.26. The molecule has 3 nitrogen and oxygen atoms in total. The van der Waals surface area contributed by atoms with Gasteiger partial charge in [0.05, 0.1) is 0 Å². The standard InChI is InChI=1S/C5H10O3/c6-8-5-3-1-2-4-7-5/h5-6H,1-4H2/t5-/m0/s1. The molecule has 1 atom stereocenters. The lowest BCUT2D eigenvalue weighted by Gasteiger charge is -2.18. The van der Waals surface area contributed by atoms with Gasteiger partial charge in [-0.3, -0.25) is 0 Å². The monoisotopic (exact) mass is 118 g/mol. The zero-order valence-electron chi connectivity index (χ0n) is 4.67. The molecular formula is C5H10O3. The number of hydrogen-bond donors (Lipinski definition) is 1. The van der Waals surface area contributed by atoms with E-state index in [1.807, 2.05) is 0 Å². The second-order valence-corrected chi connectivity index (χ2v) is 1.90. The largest absolute Gasteiger partial charge is 0.350 e. The van der Waals surface area contributed by atoms with Crippen molar-refractivity contribution in [3.8, 4) is 0 Å². The van der Waals surface area contributed by atoms with Crippen LogP contribution in [0.5, 0.6) is 0 Å². The van der Waals surface area contributed by atoms with Crippen molar-refractivity contribution in [3.63, 3.8) is 0 Å². The molecule has 1 fully saturated rings. The molecule has 0 aromatic rings. The van der Waals surface area contributed by atoms with Gasteiger partial charge in [-0.15, -0.1) is 0 Å². The minimum Gasteiger partial charge on any atom is -0.350 e. The van der Waals surface area contributed by atoms with Crippen molar-refractivity contribution in [3.05, 3.63) is 0 Å². The van der Waals surface area contributed by atoms with Crippen LogP contribution in [-0.4, -0.2) is 18.2 Å². The van der Waals surface area contributed by atoms with Gasteiger partial charge in [-0.25, -0.2) is 10.1 Å². The average Bonchev–Trinajstić information content (AvgIpc) is 1.90. The first-order valence-corrected chi connectivity index (χ1v) is 2.85. The molecule has 0 radical (unpaired) electrons. The van der Waals surface area contributed by atoms with Gasteiger partial charge in [0.1, 0.15) is 0 Å². The van der Waals surface area contributed by atoms with Crippen molar-refractivity contribution < 1.29 is 14.9 Å². The molecule has 8 heavy (non-hydrogen) atoms. The summed E-state index contributed by atoms with van der Waals surface area (Å²) < 4.78 is 4.95. The van der Waals surface area contributed by atoms with Gasteiger partial charge in [0.15, 0.2) is 6.29 Å². The molecule has 0 spiro atoms. The van der Waals surface area contributed by atoms with E-state index in [0.717, 1.165) is 19.3 Å². The highest BCUT2D eigenvalue weighted by Gasteiger charge is 2.12. The summed E-state index contributed by atoms with van der Waals surface area (Å²) in [7, 11) is 0. The summed E-state index contributed by atoms with van der Waals surface area (Å²) in [4.78, 5) is 3.97. The second kappa shape index (κ2) is 3.02. The van der Waals surface area contributed by atoms with Crippen LogP contribution in [0.1, 0.15) is 19.3 Å². The molecule has 1 aliphatic rings. The molecule has 1 aliphatic heterocycles. The first-order valence-electron chi connectivity index (χ1n) is 2.85. The van der Waals surface area contributed by atoms with Gasteiger partial charge in [0.25, 0.3) is 0 Å². The third-order valence-corrected chi connectivity index (χ3v) is 1.26. The van der Waals surface area contributed by atoms with E-state index in [0.29, 0.717) is 6.61 Å². The topological polar surface area (TPSA) is 38.7 Å². The first kappa shape index (κ1) is 6.01. The van der Waals surface area contributed by atoms with E-state index < -0.39 is 0 Å². The van der Waals surface area contributed by atoms with Crippen LogP contribution in [-0.2, 0) is 9.62 Å². The Morgan fingerprint density at radius 3 is 2.75 bits per heavy atom. The summed E-state index contributed by atoms with van der Waals surface area (Å²) in [5.74, 6) is 0. The van der Waals surface area contributed by atoms with Crippen molar-refractivity contribution in [2.75, 3.05) is 6.61 Å². The Balaban J connectivity index is 2.13. The normalized spacial score (nSPS) is 30.4. The Labute approximate surface area is 48.1 Å². The fourth-order valence-electron chi connectivity index (χ4n) is 0.794. The average molecular weight is 118 g/mol. The van der Waals surface area contributed by atoms with Crippen molar-refractivity contribution in [1.29, 1.82) is 0 Å². The molecule has 0 aliphatic carbocycles. The van der Waals surface area contributed by atoms with Crippen molar-refractivity contribution in [2.24, 2.45) is 0 Å². The van der Waals surface area contributed by atoms with E-state index in [9.17, 15) is 0 Å². The minimum absolute atomic E-state index is 0.358. The molecule has 3 heteroatoms. The molecule has 1 rings (SSSR count). The minimum atomic E-state index is -0.358. The Morgan fingerprint density at radius 2 is 2.38 bits per heavy atom. The van der Waals surface area contributed by atoms with Crippen LogP contribution in [0.3, 0.4) is 0 Å². The third kappa shape index (κ3) is 1.43. The van der Waals surface area contributed by atoms with E-state index in [4.69, 9.17) is 9.99 Å². The highest BCUT2D eigenvalue weighted by atomic mass is 17.1. The smallest absolute Gasteiger partial charge is 0.190 e. The van der Waals surface area contributed by atoms with Crippen LogP contribution >= 0.6 is 0 Å². The second-order valence-electron chi connectivity index (χ2n) is 1.90. The van der Waals surface area contributed by atoms with Crippen molar-refractivity contribution >= 4 is 0 Å². The van der Waals surface area contributed by atoms with Crippen LogP contribution in [0.25, 0.3) is 0 Å². The Morgan fingerprint density at radius 1 is 1.50 bits per heavy atom. The van der Waals surface area contributed by atoms with Crippen LogP contribution in [0.15, 0.2) is 0 Å². The Hall–Kier alpha value is -0.120. The SMILES string of the molecule is OO[C@H]1CCCCO1. The summed E-state index contributed by atoms with van der Waals surface area (Å²) in [6, 6.07) is 0.